The summed E-state index contributed by atoms with van der Waals surface area (Å²) in [6.07, 6.45) is 3.31. The molecule has 4 heterocycles. The lowest BCUT2D eigenvalue weighted by molar-refractivity contribution is 0.0698. The highest BCUT2D eigenvalue weighted by Gasteiger charge is 2.49. The van der Waals surface area contributed by atoms with Gasteiger partial charge in [0.05, 0.1) is 18.8 Å². The van der Waals surface area contributed by atoms with Gasteiger partial charge in [0.25, 0.3) is 5.91 Å². The van der Waals surface area contributed by atoms with E-state index in [1.54, 1.807) is 22.1 Å². The van der Waals surface area contributed by atoms with E-state index in [-0.39, 0.29) is 24.1 Å². The van der Waals surface area contributed by atoms with Crippen LogP contribution in [0.5, 0.6) is 0 Å². The van der Waals surface area contributed by atoms with Crippen molar-refractivity contribution in [2.75, 3.05) is 19.6 Å². The minimum atomic E-state index is -0.313. The molecule has 2 aliphatic rings. The van der Waals surface area contributed by atoms with E-state index in [2.05, 4.69) is 4.98 Å². The Morgan fingerprint density at radius 2 is 2.20 bits per heavy atom. The number of ether oxygens (including phenoxy) is 1. The zero-order valence-electron chi connectivity index (χ0n) is 13.9. The van der Waals surface area contributed by atoms with Crippen molar-refractivity contribution < 1.29 is 18.7 Å². The number of pyridine rings is 1. The van der Waals surface area contributed by atoms with Crippen LogP contribution in [0.2, 0.25) is 0 Å². The van der Waals surface area contributed by atoms with Crippen LogP contribution in [-0.4, -0.2) is 58.6 Å². The van der Waals surface area contributed by atoms with Crippen molar-refractivity contribution >= 4 is 12.0 Å². The molecule has 0 radical (unpaired) electrons. The van der Waals surface area contributed by atoms with E-state index in [0.717, 1.165) is 11.3 Å². The maximum Gasteiger partial charge on any atom is 0.410 e. The molecule has 130 valence electrons. The minimum Gasteiger partial charge on any atom is -0.459 e. The van der Waals surface area contributed by atoms with Gasteiger partial charge < -0.3 is 14.1 Å². The van der Waals surface area contributed by atoms with E-state index in [9.17, 15) is 9.59 Å². The molecule has 2 saturated heterocycles. The zero-order valence-corrected chi connectivity index (χ0v) is 13.9. The van der Waals surface area contributed by atoms with E-state index in [1.807, 2.05) is 25.1 Å². The first kappa shape index (κ1) is 15.7. The number of furan rings is 1. The summed E-state index contributed by atoms with van der Waals surface area (Å²) in [6.45, 7) is 3.22. The molecule has 2 aromatic heterocycles. The van der Waals surface area contributed by atoms with Gasteiger partial charge in [0, 0.05) is 37.0 Å². The number of hydrogen-bond acceptors (Lipinski definition) is 5. The van der Waals surface area contributed by atoms with Crippen molar-refractivity contribution in [1.82, 2.24) is 14.8 Å². The fourth-order valence-electron chi connectivity index (χ4n) is 3.44. The first-order chi connectivity index (χ1) is 12.1. The number of fused-ring (bicyclic) bond motifs is 1. The Balaban J connectivity index is 1.43. The molecule has 0 N–H and O–H groups in total. The van der Waals surface area contributed by atoms with Crippen LogP contribution in [0.4, 0.5) is 4.79 Å². The van der Waals surface area contributed by atoms with Gasteiger partial charge in [-0.15, -0.1) is 0 Å². The third-order valence-electron chi connectivity index (χ3n) is 4.80. The molecule has 0 saturated carbocycles. The van der Waals surface area contributed by atoms with Crippen LogP contribution in [-0.2, 0) is 11.2 Å². The number of aryl methyl sites for hydroxylation is 1. The molecule has 25 heavy (non-hydrogen) atoms. The van der Waals surface area contributed by atoms with Gasteiger partial charge in [-0.2, -0.15) is 0 Å². The standard InChI is InChI=1S/C18H19N3O4/c1-12-6-9-24-16(12)17(22)20-10-14-15(11-20)25-18(23)21(14)8-5-13-4-2-3-7-19-13/h2-4,6-7,9,14-15H,5,8,10-11H2,1H3/t14-,15+/m1/s1. The van der Waals surface area contributed by atoms with Crippen molar-refractivity contribution in [3.8, 4) is 0 Å². The predicted molar refractivity (Wildman–Crippen MR) is 88.1 cm³/mol. The lowest BCUT2D eigenvalue weighted by atomic mass is 10.2. The SMILES string of the molecule is Cc1ccoc1C(=O)N1C[C@@H]2OC(=O)N(CCc3ccccn3)[C@@H]2C1. The minimum absolute atomic E-state index is 0.115. The predicted octanol–water partition coefficient (Wildman–Crippen LogP) is 1.87. The number of likely N-dealkylation sites (tertiary alicyclic amines) is 1. The summed E-state index contributed by atoms with van der Waals surface area (Å²) < 4.78 is 10.7. The van der Waals surface area contributed by atoms with E-state index < -0.39 is 0 Å². The fourth-order valence-corrected chi connectivity index (χ4v) is 3.44. The molecule has 7 nitrogen and oxygen atoms in total. The number of rotatable bonds is 4. The van der Waals surface area contributed by atoms with Gasteiger partial charge in [-0.3, -0.25) is 14.7 Å². The van der Waals surface area contributed by atoms with Gasteiger partial charge in [-0.25, -0.2) is 4.79 Å². The Labute approximate surface area is 145 Å². The normalized spacial score (nSPS) is 22.2. The summed E-state index contributed by atoms with van der Waals surface area (Å²) in [5, 5.41) is 0. The number of amides is 2. The summed E-state index contributed by atoms with van der Waals surface area (Å²) in [6, 6.07) is 7.37. The molecular weight excluding hydrogens is 322 g/mol. The fraction of sp³-hybridized carbons (Fsp3) is 0.389. The second-order valence-corrected chi connectivity index (χ2v) is 6.40. The monoisotopic (exact) mass is 341 g/mol. The van der Waals surface area contributed by atoms with Crippen molar-refractivity contribution in [2.24, 2.45) is 0 Å². The highest BCUT2D eigenvalue weighted by molar-refractivity contribution is 5.93. The van der Waals surface area contributed by atoms with Crippen molar-refractivity contribution in [2.45, 2.75) is 25.5 Å². The summed E-state index contributed by atoms with van der Waals surface area (Å²) in [5.41, 5.74) is 1.74. The molecule has 2 fully saturated rings. The smallest absolute Gasteiger partial charge is 0.410 e. The van der Waals surface area contributed by atoms with Crippen LogP contribution in [0.25, 0.3) is 0 Å². The van der Waals surface area contributed by atoms with Gasteiger partial charge in [0.15, 0.2) is 5.76 Å². The second kappa shape index (κ2) is 6.23. The largest absolute Gasteiger partial charge is 0.459 e. The Morgan fingerprint density at radius 3 is 2.92 bits per heavy atom. The summed E-state index contributed by atoms with van der Waals surface area (Å²) in [7, 11) is 0. The van der Waals surface area contributed by atoms with Crippen LogP contribution in [0.3, 0.4) is 0 Å². The Morgan fingerprint density at radius 1 is 1.32 bits per heavy atom. The Hall–Kier alpha value is -2.83. The molecule has 0 unspecified atom stereocenters. The summed E-state index contributed by atoms with van der Waals surface area (Å²) in [4.78, 5) is 32.4. The number of carbonyl (C=O) groups is 2. The molecule has 0 spiro atoms. The van der Waals surface area contributed by atoms with Crippen LogP contribution >= 0.6 is 0 Å². The van der Waals surface area contributed by atoms with Crippen LogP contribution in [0.15, 0.2) is 41.1 Å². The molecule has 2 atom stereocenters. The second-order valence-electron chi connectivity index (χ2n) is 6.40. The van der Waals surface area contributed by atoms with Crippen LogP contribution in [0, 0.1) is 6.92 Å². The average molecular weight is 341 g/mol. The lowest BCUT2D eigenvalue weighted by Gasteiger charge is -2.22. The Kier molecular flexibility index (Phi) is 3.91. The molecule has 0 aromatic carbocycles. The number of hydrogen-bond donors (Lipinski definition) is 0. The Bertz CT molecular complexity index is 789. The highest BCUT2D eigenvalue weighted by Crippen LogP contribution is 2.28. The molecule has 4 rings (SSSR count). The number of nitrogens with zero attached hydrogens (tertiary/aromatic N) is 3. The summed E-state index contributed by atoms with van der Waals surface area (Å²) in [5.74, 6) is 0.198. The quantitative estimate of drug-likeness (QED) is 0.848. The molecule has 0 bridgehead atoms. The van der Waals surface area contributed by atoms with Crippen molar-refractivity contribution in [3.05, 3.63) is 53.7 Å². The van der Waals surface area contributed by atoms with Crippen molar-refractivity contribution in [3.63, 3.8) is 0 Å². The first-order valence-electron chi connectivity index (χ1n) is 8.34. The van der Waals surface area contributed by atoms with Gasteiger partial charge in [0.2, 0.25) is 0 Å². The maximum absolute atomic E-state index is 12.6. The number of carbonyl (C=O) groups excluding carboxylic acids is 2. The average Bonchev–Trinajstić information content (AvgIpc) is 3.28. The lowest BCUT2D eigenvalue weighted by Crippen LogP contribution is -2.40. The molecule has 2 aliphatic heterocycles. The first-order valence-corrected chi connectivity index (χ1v) is 8.34. The molecule has 7 heteroatoms. The zero-order chi connectivity index (χ0) is 17.4. The van der Waals surface area contributed by atoms with Crippen LogP contribution in [0.1, 0.15) is 21.8 Å². The molecule has 2 amide bonds. The molecule has 2 aromatic rings. The van der Waals surface area contributed by atoms with E-state index in [1.165, 1.54) is 6.26 Å². The molecular formula is C18H19N3O4. The van der Waals surface area contributed by atoms with Gasteiger partial charge in [0.1, 0.15) is 6.10 Å². The summed E-state index contributed by atoms with van der Waals surface area (Å²) >= 11 is 0. The molecule has 0 aliphatic carbocycles. The van der Waals surface area contributed by atoms with Gasteiger partial charge in [-0.1, -0.05) is 6.07 Å². The maximum atomic E-state index is 12.6. The highest BCUT2D eigenvalue weighted by atomic mass is 16.6. The third-order valence-corrected chi connectivity index (χ3v) is 4.80. The third kappa shape index (κ3) is 2.86. The van der Waals surface area contributed by atoms with Crippen molar-refractivity contribution in [1.29, 1.82) is 0 Å². The van der Waals surface area contributed by atoms with E-state index >= 15 is 0 Å². The van der Waals surface area contributed by atoms with Crippen LogP contribution < -0.4 is 0 Å². The van der Waals surface area contributed by atoms with Gasteiger partial charge in [-0.05, 0) is 25.1 Å². The number of aromatic nitrogens is 1. The van der Waals surface area contributed by atoms with E-state index in [0.29, 0.717) is 31.8 Å². The van der Waals surface area contributed by atoms with Gasteiger partial charge >= 0.3 is 6.09 Å². The van der Waals surface area contributed by atoms with E-state index in [4.69, 9.17) is 9.15 Å². The topological polar surface area (TPSA) is 75.9 Å².